The molecule has 0 aliphatic carbocycles. The number of aromatic nitrogens is 4. The van der Waals surface area contributed by atoms with E-state index in [2.05, 4.69) is 20.4 Å². The number of hydrogen-bond donors (Lipinski definition) is 2. The molecule has 0 saturated heterocycles. The number of anilines is 1. The van der Waals surface area contributed by atoms with E-state index < -0.39 is 11.9 Å². The van der Waals surface area contributed by atoms with Crippen molar-refractivity contribution in [2.75, 3.05) is 12.4 Å². The van der Waals surface area contributed by atoms with E-state index in [9.17, 15) is 9.18 Å². The molecule has 0 aliphatic rings. The van der Waals surface area contributed by atoms with Crippen molar-refractivity contribution in [1.29, 1.82) is 0 Å². The number of halogens is 1. The summed E-state index contributed by atoms with van der Waals surface area (Å²) in [5.74, 6) is -1.21. The topological polar surface area (TPSA) is 108 Å². The second kappa shape index (κ2) is 8.95. The summed E-state index contributed by atoms with van der Waals surface area (Å²) in [6.07, 6.45) is 3.38. The standard InChI is InChI=1S/C24H25FN6O2/c1-13-11-31(3)30-21(13)14(2)28-22-18-9-15(5-8-20(18)27-10-19(22)24(26)32)17-7-6-16(12-33-4)29-23(17)25/h5-11,14H,12H2,1-4H3,(H2,26,32)(H,27,28)/t14-/m0/s1. The number of nitrogens with zero attached hydrogens (tertiary/aromatic N) is 4. The molecule has 3 N–H and O–H groups in total. The lowest BCUT2D eigenvalue weighted by Gasteiger charge is -2.19. The Morgan fingerprint density at radius 3 is 2.73 bits per heavy atom. The second-order valence-electron chi connectivity index (χ2n) is 7.95. The number of primary amides is 1. The van der Waals surface area contributed by atoms with Crippen LogP contribution in [0.5, 0.6) is 0 Å². The van der Waals surface area contributed by atoms with E-state index in [4.69, 9.17) is 10.5 Å². The number of amides is 1. The minimum Gasteiger partial charge on any atom is -0.378 e. The highest BCUT2D eigenvalue weighted by molar-refractivity contribution is 6.07. The Hall–Kier alpha value is -3.85. The van der Waals surface area contributed by atoms with Gasteiger partial charge in [-0.2, -0.15) is 9.49 Å². The number of ether oxygens (including phenoxy) is 1. The van der Waals surface area contributed by atoms with Crippen LogP contribution in [0.25, 0.3) is 22.0 Å². The summed E-state index contributed by atoms with van der Waals surface area (Å²) in [4.78, 5) is 20.6. The largest absolute Gasteiger partial charge is 0.378 e. The van der Waals surface area contributed by atoms with Gasteiger partial charge in [0.1, 0.15) is 0 Å². The maximum absolute atomic E-state index is 14.8. The number of carbonyl (C=O) groups is 1. The third-order valence-electron chi connectivity index (χ3n) is 5.46. The van der Waals surface area contributed by atoms with Gasteiger partial charge >= 0.3 is 0 Å². The molecule has 0 aliphatic heterocycles. The fourth-order valence-corrected chi connectivity index (χ4v) is 3.95. The molecule has 8 nitrogen and oxygen atoms in total. The number of aryl methyl sites for hydroxylation is 2. The molecule has 1 aromatic carbocycles. The van der Waals surface area contributed by atoms with Crippen molar-refractivity contribution in [1.82, 2.24) is 19.7 Å². The van der Waals surface area contributed by atoms with E-state index in [1.54, 1.807) is 35.0 Å². The molecule has 1 atom stereocenters. The number of fused-ring (bicyclic) bond motifs is 1. The first-order valence-corrected chi connectivity index (χ1v) is 10.4. The highest BCUT2D eigenvalue weighted by Gasteiger charge is 2.19. The average Bonchev–Trinajstić information content (AvgIpc) is 3.12. The molecule has 3 heterocycles. The Balaban J connectivity index is 1.83. The molecule has 0 fully saturated rings. The lowest BCUT2D eigenvalue weighted by Crippen LogP contribution is -2.17. The van der Waals surface area contributed by atoms with Crippen molar-refractivity contribution in [3.05, 3.63) is 71.2 Å². The minimum absolute atomic E-state index is 0.217. The zero-order valence-electron chi connectivity index (χ0n) is 18.9. The predicted octanol–water partition coefficient (Wildman–Crippen LogP) is 3.90. The number of hydrogen-bond acceptors (Lipinski definition) is 6. The van der Waals surface area contributed by atoms with Gasteiger partial charge in [0.25, 0.3) is 5.91 Å². The fraction of sp³-hybridized carbons (Fsp3) is 0.250. The Morgan fingerprint density at radius 2 is 2.09 bits per heavy atom. The quantitative estimate of drug-likeness (QED) is 0.415. The molecule has 170 valence electrons. The van der Waals surface area contributed by atoms with E-state index in [-0.39, 0.29) is 18.2 Å². The second-order valence-corrected chi connectivity index (χ2v) is 7.95. The molecule has 0 bridgehead atoms. The third kappa shape index (κ3) is 4.40. The van der Waals surface area contributed by atoms with Gasteiger partial charge in [-0.05, 0) is 49.2 Å². The number of benzene rings is 1. The Bertz CT molecular complexity index is 1350. The molecule has 3 aromatic heterocycles. The highest BCUT2D eigenvalue weighted by Crippen LogP contribution is 2.33. The SMILES string of the molecule is COCc1ccc(-c2ccc3ncc(C(N)=O)c(N[C@@H](C)c4nn(C)cc4C)c3c2)c(F)n1. The monoisotopic (exact) mass is 448 g/mol. The fourth-order valence-electron chi connectivity index (χ4n) is 3.95. The summed E-state index contributed by atoms with van der Waals surface area (Å²) in [5.41, 5.74) is 10.4. The van der Waals surface area contributed by atoms with Crippen molar-refractivity contribution in [2.24, 2.45) is 12.8 Å². The number of rotatable bonds is 7. The molecule has 0 radical (unpaired) electrons. The maximum Gasteiger partial charge on any atom is 0.252 e. The highest BCUT2D eigenvalue weighted by atomic mass is 19.1. The first-order valence-electron chi connectivity index (χ1n) is 10.4. The molecule has 33 heavy (non-hydrogen) atoms. The number of carbonyl (C=O) groups excluding carboxylic acids is 1. The lowest BCUT2D eigenvalue weighted by molar-refractivity contribution is 0.100. The molecule has 1 amide bonds. The Morgan fingerprint density at radius 1 is 1.30 bits per heavy atom. The van der Waals surface area contributed by atoms with Crippen molar-refractivity contribution >= 4 is 22.5 Å². The molecule has 0 unspecified atom stereocenters. The number of nitrogens with one attached hydrogen (secondary N) is 1. The van der Waals surface area contributed by atoms with E-state index in [1.165, 1.54) is 13.3 Å². The molecule has 0 spiro atoms. The maximum atomic E-state index is 14.8. The average molecular weight is 449 g/mol. The van der Waals surface area contributed by atoms with Gasteiger partial charge in [-0.1, -0.05) is 6.07 Å². The van der Waals surface area contributed by atoms with Gasteiger partial charge in [-0.25, -0.2) is 4.98 Å². The van der Waals surface area contributed by atoms with Crippen LogP contribution < -0.4 is 11.1 Å². The molecular weight excluding hydrogens is 423 g/mol. The molecule has 4 rings (SSSR count). The van der Waals surface area contributed by atoms with E-state index in [0.717, 1.165) is 11.3 Å². The van der Waals surface area contributed by atoms with Crippen LogP contribution >= 0.6 is 0 Å². The summed E-state index contributed by atoms with van der Waals surface area (Å²) < 4.78 is 21.5. The van der Waals surface area contributed by atoms with Crippen LogP contribution in [0.3, 0.4) is 0 Å². The van der Waals surface area contributed by atoms with Crippen LogP contribution in [0.2, 0.25) is 0 Å². The van der Waals surface area contributed by atoms with E-state index >= 15 is 0 Å². The van der Waals surface area contributed by atoms with Gasteiger partial charge in [0.2, 0.25) is 5.95 Å². The van der Waals surface area contributed by atoms with Crippen LogP contribution in [0, 0.1) is 12.9 Å². The zero-order chi connectivity index (χ0) is 23.7. The Kier molecular flexibility index (Phi) is 6.06. The summed E-state index contributed by atoms with van der Waals surface area (Å²) in [6, 6.07) is 8.49. The van der Waals surface area contributed by atoms with Gasteiger partial charge in [0, 0.05) is 37.5 Å². The number of methoxy groups -OCH3 is 1. The van der Waals surface area contributed by atoms with Gasteiger partial charge in [0.05, 0.1) is 40.8 Å². The van der Waals surface area contributed by atoms with E-state index in [0.29, 0.717) is 33.4 Å². The van der Waals surface area contributed by atoms with Crippen molar-refractivity contribution in [3.8, 4) is 11.1 Å². The Labute approximate surface area is 190 Å². The molecule has 0 saturated carbocycles. The first-order chi connectivity index (χ1) is 15.8. The summed E-state index contributed by atoms with van der Waals surface area (Å²) in [5, 5.41) is 8.54. The summed E-state index contributed by atoms with van der Waals surface area (Å²) in [7, 11) is 3.38. The van der Waals surface area contributed by atoms with Crippen LogP contribution in [-0.2, 0) is 18.4 Å². The van der Waals surface area contributed by atoms with Crippen LogP contribution in [0.15, 0.2) is 42.7 Å². The lowest BCUT2D eigenvalue weighted by atomic mass is 10.0. The van der Waals surface area contributed by atoms with Crippen LogP contribution in [-0.4, -0.2) is 32.8 Å². The van der Waals surface area contributed by atoms with Crippen LogP contribution in [0.4, 0.5) is 10.1 Å². The summed E-state index contributed by atoms with van der Waals surface area (Å²) >= 11 is 0. The molecule has 9 heteroatoms. The van der Waals surface area contributed by atoms with Gasteiger partial charge in [-0.3, -0.25) is 14.5 Å². The smallest absolute Gasteiger partial charge is 0.252 e. The number of pyridine rings is 2. The first kappa shape index (κ1) is 22.3. The molecule has 4 aromatic rings. The predicted molar refractivity (Wildman–Crippen MR) is 124 cm³/mol. The van der Waals surface area contributed by atoms with Crippen molar-refractivity contribution < 1.29 is 13.9 Å². The zero-order valence-corrected chi connectivity index (χ0v) is 18.9. The summed E-state index contributed by atoms with van der Waals surface area (Å²) in [6.45, 7) is 4.15. The van der Waals surface area contributed by atoms with Gasteiger partial charge in [0.15, 0.2) is 0 Å². The van der Waals surface area contributed by atoms with Crippen LogP contribution in [0.1, 0.15) is 40.3 Å². The number of nitrogens with two attached hydrogens (primary N) is 1. The molecular formula is C24H25FN6O2. The van der Waals surface area contributed by atoms with Crippen molar-refractivity contribution in [3.63, 3.8) is 0 Å². The van der Waals surface area contributed by atoms with Gasteiger partial charge in [-0.15, -0.1) is 0 Å². The van der Waals surface area contributed by atoms with Crippen molar-refractivity contribution in [2.45, 2.75) is 26.5 Å². The third-order valence-corrected chi connectivity index (χ3v) is 5.46. The minimum atomic E-state index is -0.612. The van der Waals surface area contributed by atoms with Gasteiger partial charge < -0.3 is 15.8 Å². The van der Waals surface area contributed by atoms with E-state index in [1.807, 2.05) is 27.1 Å². The normalized spacial score (nSPS) is 12.2.